The highest BCUT2D eigenvalue weighted by Gasteiger charge is 2.53. The zero-order valence-electron chi connectivity index (χ0n) is 14.4. The fraction of sp³-hybridized carbons (Fsp3) is 0.895. The highest BCUT2D eigenvalue weighted by Crippen LogP contribution is 2.60. The van der Waals surface area contributed by atoms with Gasteiger partial charge in [-0.25, -0.2) is 0 Å². The third-order valence-corrected chi connectivity index (χ3v) is 6.64. The molecule has 0 N–H and O–H groups in total. The van der Waals surface area contributed by atoms with Crippen molar-refractivity contribution < 1.29 is 0 Å². The summed E-state index contributed by atoms with van der Waals surface area (Å²) in [4.78, 5) is 0. The van der Waals surface area contributed by atoms with Crippen LogP contribution < -0.4 is 0 Å². The van der Waals surface area contributed by atoms with Crippen molar-refractivity contribution in [2.45, 2.75) is 90.0 Å². The van der Waals surface area contributed by atoms with Gasteiger partial charge in [-0.2, -0.15) is 0 Å². The quantitative estimate of drug-likeness (QED) is 0.724. The second-order valence-corrected chi connectivity index (χ2v) is 8.35. The number of hydrogen-bond donors (Lipinski definition) is 0. The fourth-order valence-corrected chi connectivity index (χ4v) is 6.13. The van der Waals surface area contributed by atoms with Crippen LogP contribution in [0.3, 0.4) is 0 Å². The highest BCUT2D eigenvalue weighted by atomic mass is 15.3. The molecule has 4 aliphatic carbocycles. The molecule has 5 rings (SSSR count). The zero-order valence-corrected chi connectivity index (χ0v) is 14.4. The first kappa shape index (κ1) is 14.7. The number of nitrogens with zero attached hydrogens (tertiary/aromatic N) is 3. The van der Waals surface area contributed by atoms with E-state index >= 15 is 0 Å². The Morgan fingerprint density at radius 3 is 2.14 bits per heavy atom. The maximum absolute atomic E-state index is 4.77. The summed E-state index contributed by atoms with van der Waals surface area (Å²) in [6.07, 6.45) is 13.6. The lowest BCUT2D eigenvalue weighted by Gasteiger charge is -2.56. The van der Waals surface area contributed by atoms with Crippen molar-refractivity contribution in [3.05, 3.63) is 11.6 Å². The summed E-state index contributed by atoms with van der Waals surface area (Å²) in [6, 6.07) is 0. The molecule has 0 radical (unpaired) electrons. The average molecular weight is 301 g/mol. The number of rotatable bonds is 6. The Kier molecular flexibility index (Phi) is 3.78. The van der Waals surface area contributed by atoms with Gasteiger partial charge in [0.25, 0.3) is 0 Å². The van der Waals surface area contributed by atoms with Crippen LogP contribution >= 0.6 is 0 Å². The number of unbranched alkanes of at least 4 members (excludes halogenated alkanes) is 2. The Hall–Kier alpha value is -0.860. The van der Waals surface area contributed by atoms with Gasteiger partial charge < -0.3 is 4.57 Å². The SMILES string of the molecule is CCCCCn1c(CC)nnc1C12CC3CC(CC(C3)C1)C2. The minimum Gasteiger partial charge on any atom is -0.315 e. The number of hydrogen-bond acceptors (Lipinski definition) is 2. The van der Waals surface area contributed by atoms with Gasteiger partial charge in [-0.15, -0.1) is 10.2 Å². The molecule has 0 atom stereocenters. The predicted octanol–water partition coefficient (Wildman–Crippen LogP) is 4.50. The molecular formula is C19H31N3. The van der Waals surface area contributed by atoms with Gasteiger partial charge in [-0.3, -0.25) is 0 Å². The van der Waals surface area contributed by atoms with Crippen molar-refractivity contribution in [1.29, 1.82) is 0 Å². The van der Waals surface area contributed by atoms with Gasteiger partial charge in [0.05, 0.1) is 0 Å². The summed E-state index contributed by atoms with van der Waals surface area (Å²) >= 11 is 0. The van der Waals surface area contributed by atoms with E-state index in [0.717, 1.165) is 30.7 Å². The van der Waals surface area contributed by atoms with Crippen molar-refractivity contribution in [3.8, 4) is 0 Å². The second-order valence-electron chi connectivity index (χ2n) is 8.35. The normalized spacial score (nSPS) is 36.2. The van der Waals surface area contributed by atoms with Crippen molar-refractivity contribution >= 4 is 0 Å². The van der Waals surface area contributed by atoms with Gasteiger partial charge in [0.15, 0.2) is 0 Å². The Labute approximate surface area is 134 Å². The van der Waals surface area contributed by atoms with E-state index in [0.29, 0.717) is 5.41 Å². The topological polar surface area (TPSA) is 30.7 Å². The third kappa shape index (κ3) is 2.32. The van der Waals surface area contributed by atoms with Gasteiger partial charge in [0, 0.05) is 18.4 Å². The largest absolute Gasteiger partial charge is 0.315 e. The van der Waals surface area contributed by atoms with Crippen LogP contribution in [0.25, 0.3) is 0 Å². The van der Waals surface area contributed by atoms with Gasteiger partial charge >= 0.3 is 0 Å². The first-order valence-corrected chi connectivity index (χ1v) is 9.66. The Bertz CT molecular complexity index is 495. The lowest BCUT2D eigenvalue weighted by atomic mass is 9.49. The van der Waals surface area contributed by atoms with E-state index < -0.39 is 0 Å². The Morgan fingerprint density at radius 1 is 0.955 bits per heavy atom. The highest BCUT2D eigenvalue weighted by molar-refractivity contribution is 5.19. The fourth-order valence-electron chi connectivity index (χ4n) is 6.13. The van der Waals surface area contributed by atoms with Crippen molar-refractivity contribution in [1.82, 2.24) is 14.8 Å². The maximum Gasteiger partial charge on any atom is 0.139 e. The number of aryl methyl sites for hydroxylation is 1. The molecule has 4 saturated carbocycles. The zero-order chi connectivity index (χ0) is 15.2. The minimum absolute atomic E-state index is 0.390. The van der Waals surface area contributed by atoms with Gasteiger partial charge in [-0.05, 0) is 62.7 Å². The molecule has 3 heteroatoms. The van der Waals surface area contributed by atoms with Crippen LogP contribution in [0.2, 0.25) is 0 Å². The summed E-state index contributed by atoms with van der Waals surface area (Å²) in [5.41, 5.74) is 0.390. The van der Waals surface area contributed by atoms with E-state index in [4.69, 9.17) is 5.10 Å². The summed E-state index contributed by atoms with van der Waals surface area (Å²) in [5, 5.41) is 9.35. The molecule has 4 bridgehead atoms. The molecule has 3 nitrogen and oxygen atoms in total. The van der Waals surface area contributed by atoms with Crippen LogP contribution in [0.15, 0.2) is 0 Å². The maximum atomic E-state index is 4.77. The van der Waals surface area contributed by atoms with Gasteiger partial charge in [0.2, 0.25) is 0 Å². The molecule has 122 valence electrons. The Balaban J connectivity index is 1.65. The summed E-state index contributed by atoms with van der Waals surface area (Å²) in [5.74, 6) is 5.55. The monoisotopic (exact) mass is 301 g/mol. The van der Waals surface area contributed by atoms with Gasteiger partial charge in [-0.1, -0.05) is 26.7 Å². The van der Waals surface area contributed by atoms with Crippen LogP contribution in [0, 0.1) is 17.8 Å². The van der Waals surface area contributed by atoms with E-state index in [-0.39, 0.29) is 0 Å². The van der Waals surface area contributed by atoms with Crippen LogP contribution in [0.5, 0.6) is 0 Å². The van der Waals surface area contributed by atoms with Crippen LogP contribution in [0.1, 0.15) is 83.3 Å². The summed E-state index contributed by atoms with van der Waals surface area (Å²) in [7, 11) is 0. The standard InChI is InChI=1S/C19H31N3/c1-3-5-6-7-22-17(4-2)20-21-18(22)19-11-14-8-15(12-19)10-16(9-14)13-19/h14-16H,3-13H2,1-2H3. The molecule has 22 heavy (non-hydrogen) atoms. The average Bonchev–Trinajstić information content (AvgIpc) is 2.90. The lowest BCUT2D eigenvalue weighted by molar-refractivity contribution is -0.0113. The molecule has 0 spiro atoms. The molecule has 4 fully saturated rings. The first-order valence-electron chi connectivity index (χ1n) is 9.66. The molecule has 1 heterocycles. The molecular weight excluding hydrogens is 270 g/mol. The van der Waals surface area contributed by atoms with Crippen LogP contribution in [-0.4, -0.2) is 14.8 Å². The Morgan fingerprint density at radius 2 is 1.59 bits per heavy atom. The van der Waals surface area contributed by atoms with E-state index in [1.165, 1.54) is 69.4 Å². The van der Waals surface area contributed by atoms with Crippen molar-refractivity contribution in [2.75, 3.05) is 0 Å². The molecule has 0 aliphatic heterocycles. The number of aromatic nitrogens is 3. The first-order chi connectivity index (χ1) is 10.7. The molecule has 4 aliphatic rings. The minimum atomic E-state index is 0.390. The van der Waals surface area contributed by atoms with Gasteiger partial charge in [0.1, 0.15) is 11.6 Å². The van der Waals surface area contributed by atoms with E-state index in [9.17, 15) is 0 Å². The van der Waals surface area contributed by atoms with Crippen LogP contribution in [0.4, 0.5) is 0 Å². The summed E-state index contributed by atoms with van der Waals surface area (Å²) in [6.45, 7) is 5.65. The van der Waals surface area contributed by atoms with E-state index in [1.54, 1.807) is 0 Å². The molecule has 1 aromatic rings. The third-order valence-electron chi connectivity index (χ3n) is 6.64. The predicted molar refractivity (Wildman–Crippen MR) is 88.8 cm³/mol. The second kappa shape index (κ2) is 5.65. The lowest BCUT2D eigenvalue weighted by Crippen LogP contribution is -2.49. The molecule has 0 unspecified atom stereocenters. The molecule has 0 amide bonds. The van der Waals surface area contributed by atoms with Crippen molar-refractivity contribution in [3.63, 3.8) is 0 Å². The summed E-state index contributed by atoms with van der Waals surface area (Å²) < 4.78 is 2.53. The van der Waals surface area contributed by atoms with E-state index in [1.807, 2.05) is 0 Å². The van der Waals surface area contributed by atoms with Crippen molar-refractivity contribution in [2.24, 2.45) is 17.8 Å². The smallest absolute Gasteiger partial charge is 0.139 e. The van der Waals surface area contributed by atoms with E-state index in [2.05, 4.69) is 23.5 Å². The van der Waals surface area contributed by atoms with Crippen LogP contribution in [-0.2, 0) is 18.4 Å². The molecule has 0 aromatic carbocycles. The molecule has 1 aromatic heterocycles. The molecule has 0 saturated heterocycles.